The molecule has 5 heteroatoms. The van der Waals surface area contributed by atoms with Crippen LogP contribution in [0, 0.1) is 0 Å². The molecule has 0 atom stereocenters. The zero-order valence-corrected chi connectivity index (χ0v) is 32.1. The molecule has 0 radical (unpaired) electrons. The third kappa shape index (κ3) is 5.24. The summed E-state index contributed by atoms with van der Waals surface area (Å²) in [5.74, 6) is 0.668. The van der Waals surface area contributed by atoms with Crippen LogP contribution in [0.3, 0.4) is 0 Å². The molecule has 0 amide bonds. The van der Waals surface area contributed by atoms with E-state index >= 15 is 0 Å². The van der Waals surface area contributed by atoms with Crippen molar-refractivity contribution in [1.82, 2.24) is 9.97 Å². The van der Waals surface area contributed by atoms with E-state index in [-0.39, 0.29) is 0 Å². The number of thiophene rings is 2. The summed E-state index contributed by atoms with van der Waals surface area (Å²) in [4.78, 5) is 10.5. The number of rotatable bonds is 5. The van der Waals surface area contributed by atoms with Crippen molar-refractivity contribution in [2.24, 2.45) is 0 Å². The molecule has 0 aliphatic heterocycles. The Labute approximate surface area is 335 Å². The Balaban J connectivity index is 1.02. The topological polar surface area (TPSA) is 38.9 Å². The Hall–Kier alpha value is -6.92. The van der Waals surface area contributed by atoms with Crippen LogP contribution in [0.2, 0.25) is 0 Å². The lowest BCUT2D eigenvalue weighted by Crippen LogP contribution is -1.94. The molecule has 0 aliphatic rings. The van der Waals surface area contributed by atoms with E-state index in [9.17, 15) is 0 Å². The monoisotopic (exact) mass is 762 g/mol. The van der Waals surface area contributed by atoms with Crippen LogP contribution >= 0.6 is 22.7 Å². The third-order valence-electron chi connectivity index (χ3n) is 11.1. The van der Waals surface area contributed by atoms with Gasteiger partial charge in [0, 0.05) is 56.9 Å². The standard InChI is InChI=1S/C52H30N2OS2/c1-2-12-31(13-3-1)52-53-47(36-17-9-16-35(29-36)38-21-11-23-42-40-19-5-7-25-46(40)57-51(38)42)49-48(54-52)43-30-33(26-27-44(43)55-49)32-14-8-15-34(28-32)37-20-10-22-41-39-18-4-6-24-45(39)56-50(37)41/h1-30H. The average Bonchev–Trinajstić information content (AvgIpc) is 3.98. The van der Waals surface area contributed by atoms with Crippen molar-refractivity contribution in [3.8, 4) is 56.0 Å². The molecule has 0 spiro atoms. The van der Waals surface area contributed by atoms with E-state index in [1.807, 2.05) is 40.9 Å². The van der Waals surface area contributed by atoms with Crippen molar-refractivity contribution in [2.45, 2.75) is 0 Å². The molecule has 8 aromatic carbocycles. The van der Waals surface area contributed by atoms with Gasteiger partial charge in [0.25, 0.3) is 0 Å². The van der Waals surface area contributed by atoms with Crippen molar-refractivity contribution >= 4 is 85.1 Å². The van der Waals surface area contributed by atoms with E-state index in [0.717, 1.165) is 50.0 Å². The molecule has 0 aliphatic carbocycles. The number of hydrogen-bond donors (Lipinski definition) is 0. The second-order valence-corrected chi connectivity index (χ2v) is 16.6. The van der Waals surface area contributed by atoms with E-state index in [1.165, 1.54) is 57.0 Å². The first-order valence-electron chi connectivity index (χ1n) is 19.1. The Morgan fingerprint density at radius 2 is 0.895 bits per heavy atom. The highest BCUT2D eigenvalue weighted by Gasteiger charge is 2.20. The fourth-order valence-electron chi connectivity index (χ4n) is 8.38. The lowest BCUT2D eigenvalue weighted by atomic mass is 9.97. The highest BCUT2D eigenvalue weighted by molar-refractivity contribution is 7.26. The van der Waals surface area contributed by atoms with Crippen molar-refractivity contribution in [1.29, 1.82) is 0 Å². The Kier molecular flexibility index (Phi) is 7.27. The van der Waals surface area contributed by atoms with Gasteiger partial charge in [-0.05, 0) is 69.8 Å². The van der Waals surface area contributed by atoms with Crippen molar-refractivity contribution < 1.29 is 4.42 Å². The Morgan fingerprint density at radius 1 is 0.368 bits per heavy atom. The molecule has 57 heavy (non-hydrogen) atoms. The van der Waals surface area contributed by atoms with Crippen LogP contribution < -0.4 is 0 Å². The summed E-state index contributed by atoms with van der Waals surface area (Å²) < 4.78 is 11.9. The van der Waals surface area contributed by atoms with Crippen molar-refractivity contribution in [2.75, 3.05) is 0 Å². The van der Waals surface area contributed by atoms with E-state index in [4.69, 9.17) is 14.4 Å². The van der Waals surface area contributed by atoms with Crippen LogP contribution in [0.1, 0.15) is 0 Å². The maximum atomic E-state index is 6.72. The fourth-order valence-corrected chi connectivity index (χ4v) is 10.9. The second-order valence-electron chi connectivity index (χ2n) is 14.5. The fraction of sp³-hybridized carbons (Fsp3) is 0. The van der Waals surface area contributed by atoms with Gasteiger partial charge in [-0.1, -0.05) is 146 Å². The molecule has 0 N–H and O–H groups in total. The molecule has 3 nitrogen and oxygen atoms in total. The summed E-state index contributed by atoms with van der Waals surface area (Å²) in [6.07, 6.45) is 0. The molecule has 0 saturated carbocycles. The average molecular weight is 763 g/mol. The van der Waals surface area contributed by atoms with Crippen LogP contribution in [0.25, 0.3) is 118 Å². The van der Waals surface area contributed by atoms with Crippen LogP contribution in [0.5, 0.6) is 0 Å². The quantitative estimate of drug-likeness (QED) is 0.175. The lowest BCUT2D eigenvalue weighted by molar-refractivity contribution is 0.667. The molecule has 4 aromatic heterocycles. The van der Waals surface area contributed by atoms with E-state index in [2.05, 4.69) is 164 Å². The number of hydrogen-bond acceptors (Lipinski definition) is 5. The van der Waals surface area contributed by atoms with Gasteiger partial charge < -0.3 is 4.42 Å². The van der Waals surface area contributed by atoms with Gasteiger partial charge in [0.15, 0.2) is 11.4 Å². The molecule has 0 saturated heterocycles. The van der Waals surface area contributed by atoms with Gasteiger partial charge in [-0.15, -0.1) is 22.7 Å². The molecule has 0 fully saturated rings. The SMILES string of the molecule is c1ccc(-c2nc(-c3cccc(-c4cccc5c4sc4ccccc45)c3)c3oc4ccc(-c5cccc(-c6cccc7c6sc6ccccc67)c5)cc4c3n2)cc1. The van der Waals surface area contributed by atoms with Gasteiger partial charge in [0.2, 0.25) is 0 Å². The first kappa shape index (κ1) is 32.3. The molecule has 4 heterocycles. The van der Waals surface area contributed by atoms with Crippen LogP contribution in [0.4, 0.5) is 0 Å². The highest BCUT2D eigenvalue weighted by atomic mass is 32.1. The molecule has 0 bridgehead atoms. The highest BCUT2D eigenvalue weighted by Crippen LogP contribution is 2.44. The predicted octanol–water partition coefficient (Wildman–Crippen LogP) is 15.4. The summed E-state index contributed by atoms with van der Waals surface area (Å²) in [6, 6.07) is 64.9. The molecule has 12 aromatic rings. The minimum atomic E-state index is 0.668. The minimum Gasteiger partial charge on any atom is -0.452 e. The van der Waals surface area contributed by atoms with Gasteiger partial charge in [-0.25, -0.2) is 9.97 Å². The molecular weight excluding hydrogens is 733 g/mol. The van der Waals surface area contributed by atoms with Crippen LogP contribution in [0.15, 0.2) is 186 Å². The summed E-state index contributed by atoms with van der Waals surface area (Å²) in [5.41, 5.74) is 12.0. The molecule has 266 valence electrons. The summed E-state index contributed by atoms with van der Waals surface area (Å²) in [5, 5.41) is 6.15. The van der Waals surface area contributed by atoms with Gasteiger partial charge in [0.1, 0.15) is 16.8 Å². The lowest BCUT2D eigenvalue weighted by Gasteiger charge is -2.09. The Bertz CT molecular complexity index is 3540. The van der Waals surface area contributed by atoms with Gasteiger partial charge in [-0.3, -0.25) is 0 Å². The van der Waals surface area contributed by atoms with E-state index in [0.29, 0.717) is 11.4 Å². The minimum absolute atomic E-state index is 0.668. The summed E-state index contributed by atoms with van der Waals surface area (Å²) in [6.45, 7) is 0. The van der Waals surface area contributed by atoms with Crippen LogP contribution in [-0.2, 0) is 0 Å². The predicted molar refractivity (Wildman–Crippen MR) is 242 cm³/mol. The molecular formula is C52H30N2OS2. The van der Waals surface area contributed by atoms with Gasteiger partial charge in [-0.2, -0.15) is 0 Å². The number of furan rings is 1. The zero-order chi connectivity index (χ0) is 37.5. The summed E-state index contributed by atoms with van der Waals surface area (Å²) >= 11 is 3.71. The normalized spacial score (nSPS) is 11.9. The summed E-state index contributed by atoms with van der Waals surface area (Å²) in [7, 11) is 0. The van der Waals surface area contributed by atoms with Crippen molar-refractivity contribution in [3.05, 3.63) is 182 Å². The molecule has 12 rings (SSSR count). The first-order chi connectivity index (χ1) is 28.2. The van der Waals surface area contributed by atoms with E-state index in [1.54, 1.807) is 0 Å². The number of fused-ring (bicyclic) bond motifs is 9. The number of aromatic nitrogens is 2. The number of benzene rings is 8. The smallest absolute Gasteiger partial charge is 0.180 e. The van der Waals surface area contributed by atoms with E-state index < -0.39 is 0 Å². The largest absolute Gasteiger partial charge is 0.452 e. The van der Waals surface area contributed by atoms with Gasteiger partial charge >= 0.3 is 0 Å². The second kappa shape index (κ2) is 12.8. The Morgan fingerprint density at radius 3 is 1.58 bits per heavy atom. The van der Waals surface area contributed by atoms with Crippen LogP contribution in [-0.4, -0.2) is 9.97 Å². The molecule has 0 unspecified atom stereocenters. The van der Waals surface area contributed by atoms with Gasteiger partial charge in [0.05, 0.1) is 0 Å². The maximum Gasteiger partial charge on any atom is 0.180 e. The third-order valence-corrected chi connectivity index (χ3v) is 13.5. The number of nitrogens with zero attached hydrogens (tertiary/aromatic N) is 2. The zero-order valence-electron chi connectivity index (χ0n) is 30.4. The first-order valence-corrected chi connectivity index (χ1v) is 20.7. The maximum absolute atomic E-state index is 6.72. The van der Waals surface area contributed by atoms with Crippen molar-refractivity contribution in [3.63, 3.8) is 0 Å².